The second-order valence-electron chi connectivity index (χ2n) is 4.21. The van der Waals surface area contributed by atoms with Crippen molar-refractivity contribution in [2.45, 2.75) is 6.54 Å². The minimum absolute atomic E-state index is 0.00485. The first-order chi connectivity index (χ1) is 9.63. The van der Waals surface area contributed by atoms with Crippen molar-refractivity contribution in [2.75, 3.05) is 19.5 Å². The molecule has 0 heterocycles. The summed E-state index contributed by atoms with van der Waals surface area (Å²) in [5.41, 5.74) is 1.90. The number of hydrogen-bond donors (Lipinski definition) is 2. The maximum absolute atomic E-state index is 9.84. The molecule has 0 aliphatic carbocycles. The van der Waals surface area contributed by atoms with Crippen molar-refractivity contribution in [1.29, 1.82) is 0 Å². The zero-order valence-electron chi connectivity index (χ0n) is 11.3. The molecule has 0 radical (unpaired) electrons. The van der Waals surface area contributed by atoms with E-state index in [9.17, 15) is 5.11 Å². The Morgan fingerprint density at radius 1 is 1.05 bits per heavy atom. The number of halogens is 1. The van der Waals surface area contributed by atoms with Gasteiger partial charge in [0.1, 0.15) is 0 Å². The van der Waals surface area contributed by atoms with Gasteiger partial charge in [0.2, 0.25) is 5.75 Å². The van der Waals surface area contributed by atoms with Crippen molar-refractivity contribution in [3.63, 3.8) is 0 Å². The highest BCUT2D eigenvalue weighted by molar-refractivity contribution is 6.30. The number of hydrogen-bond acceptors (Lipinski definition) is 4. The minimum Gasteiger partial charge on any atom is -0.502 e. The summed E-state index contributed by atoms with van der Waals surface area (Å²) >= 11 is 5.84. The van der Waals surface area contributed by atoms with Gasteiger partial charge in [-0.1, -0.05) is 11.6 Å². The fourth-order valence-corrected chi connectivity index (χ4v) is 1.95. The summed E-state index contributed by atoms with van der Waals surface area (Å²) in [6, 6.07) is 11.0. The number of ether oxygens (including phenoxy) is 2. The number of phenolic OH excluding ortho intramolecular Hbond substituents is 1. The molecule has 0 atom stereocenters. The molecule has 0 bridgehead atoms. The van der Waals surface area contributed by atoms with Crippen LogP contribution in [0.3, 0.4) is 0 Å². The number of phenols is 1. The third kappa shape index (κ3) is 3.27. The predicted octanol–water partition coefficient (Wildman–Crippen LogP) is 3.67. The Balaban J connectivity index is 2.14. The van der Waals surface area contributed by atoms with Crippen molar-refractivity contribution in [1.82, 2.24) is 0 Å². The molecule has 0 aliphatic heterocycles. The molecule has 2 rings (SSSR count). The van der Waals surface area contributed by atoms with Crippen LogP contribution < -0.4 is 14.8 Å². The molecule has 4 nitrogen and oxygen atoms in total. The summed E-state index contributed by atoms with van der Waals surface area (Å²) in [6.07, 6.45) is 0. The van der Waals surface area contributed by atoms with E-state index < -0.39 is 0 Å². The second kappa shape index (κ2) is 6.39. The smallest absolute Gasteiger partial charge is 0.200 e. The van der Waals surface area contributed by atoms with E-state index in [0.29, 0.717) is 23.1 Å². The predicted molar refractivity (Wildman–Crippen MR) is 80.0 cm³/mol. The molecule has 0 aliphatic rings. The van der Waals surface area contributed by atoms with Crippen molar-refractivity contribution in [3.05, 3.63) is 47.0 Å². The SMILES string of the molecule is COc1cc(CNc2ccc(Cl)cc2)cc(OC)c1O. The Morgan fingerprint density at radius 2 is 1.60 bits per heavy atom. The molecule has 0 spiro atoms. The van der Waals surface area contributed by atoms with E-state index in [1.54, 1.807) is 12.1 Å². The highest BCUT2D eigenvalue weighted by Crippen LogP contribution is 2.37. The van der Waals surface area contributed by atoms with Crippen LogP contribution in [0.15, 0.2) is 36.4 Å². The third-order valence-electron chi connectivity index (χ3n) is 2.88. The summed E-state index contributed by atoms with van der Waals surface area (Å²) < 4.78 is 10.2. The van der Waals surface area contributed by atoms with Gasteiger partial charge in [-0.2, -0.15) is 0 Å². The molecule has 2 aromatic carbocycles. The van der Waals surface area contributed by atoms with Crippen LogP contribution in [0, 0.1) is 0 Å². The lowest BCUT2D eigenvalue weighted by molar-refractivity contribution is 0.339. The van der Waals surface area contributed by atoms with E-state index >= 15 is 0 Å². The van der Waals surface area contributed by atoms with Crippen LogP contribution in [0.25, 0.3) is 0 Å². The number of rotatable bonds is 5. The van der Waals surface area contributed by atoms with Gasteiger partial charge < -0.3 is 19.9 Å². The van der Waals surface area contributed by atoms with Crippen LogP contribution in [0.1, 0.15) is 5.56 Å². The third-order valence-corrected chi connectivity index (χ3v) is 3.13. The van der Waals surface area contributed by atoms with Gasteiger partial charge >= 0.3 is 0 Å². The summed E-state index contributed by atoms with van der Waals surface area (Å²) in [7, 11) is 3.01. The van der Waals surface area contributed by atoms with Gasteiger partial charge in [-0.3, -0.25) is 0 Å². The van der Waals surface area contributed by atoms with Crippen LogP contribution in [0.2, 0.25) is 5.02 Å². The van der Waals surface area contributed by atoms with E-state index in [2.05, 4.69) is 5.32 Å². The largest absolute Gasteiger partial charge is 0.502 e. The fourth-order valence-electron chi connectivity index (χ4n) is 1.82. The highest BCUT2D eigenvalue weighted by Gasteiger charge is 2.10. The minimum atomic E-state index is 0.00485. The van der Waals surface area contributed by atoms with E-state index in [1.165, 1.54) is 14.2 Å². The molecule has 0 unspecified atom stereocenters. The highest BCUT2D eigenvalue weighted by atomic mass is 35.5. The Labute approximate surface area is 122 Å². The lowest BCUT2D eigenvalue weighted by Gasteiger charge is -2.12. The molecule has 0 fully saturated rings. The van der Waals surface area contributed by atoms with Crippen LogP contribution in [-0.2, 0) is 6.54 Å². The molecular formula is C15H16ClNO3. The first-order valence-corrected chi connectivity index (χ1v) is 6.45. The van der Waals surface area contributed by atoms with Gasteiger partial charge in [-0.15, -0.1) is 0 Å². The molecule has 20 heavy (non-hydrogen) atoms. The molecule has 0 saturated heterocycles. The van der Waals surface area contributed by atoms with Crippen molar-refractivity contribution < 1.29 is 14.6 Å². The maximum atomic E-state index is 9.84. The Morgan fingerprint density at radius 3 is 2.10 bits per heavy atom. The Kier molecular flexibility index (Phi) is 4.58. The topological polar surface area (TPSA) is 50.7 Å². The lowest BCUT2D eigenvalue weighted by atomic mass is 10.1. The van der Waals surface area contributed by atoms with Crippen LogP contribution in [0.4, 0.5) is 5.69 Å². The van der Waals surface area contributed by atoms with Crippen molar-refractivity contribution in [2.24, 2.45) is 0 Å². The average molecular weight is 294 g/mol. The van der Waals surface area contributed by atoms with Gasteiger partial charge in [-0.25, -0.2) is 0 Å². The number of aromatic hydroxyl groups is 1. The van der Waals surface area contributed by atoms with E-state index in [-0.39, 0.29) is 5.75 Å². The lowest BCUT2D eigenvalue weighted by Crippen LogP contribution is -2.00. The molecule has 106 valence electrons. The molecule has 5 heteroatoms. The molecule has 2 aromatic rings. The summed E-state index contributed by atoms with van der Waals surface area (Å²) in [5, 5.41) is 13.8. The maximum Gasteiger partial charge on any atom is 0.200 e. The summed E-state index contributed by atoms with van der Waals surface area (Å²) in [6.45, 7) is 0.578. The zero-order chi connectivity index (χ0) is 14.5. The number of nitrogens with one attached hydrogen (secondary N) is 1. The first-order valence-electron chi connectivity index (χ1n) is 6.07. The number of methoxy groups -OCH3 is 2. The van der Waals surface area contributed by atoms with Gasteiger partial charge in [0, 0.05) is 17.3 Å². The van der Waals surface area contributed by atoms with Gasteiger partial charge in [0.15, 0.2) is 11.5 Å². The number of benzene rings is 2. The van der Waals surface area contributed by atoms with Crippen molar-refractivity contribution >= 4 is 17.3 Å². The van der Waals surface area contributed by atoms with E-state index in [1.807, 2.05) is 24.3 Å². The molecule has 0 amide bonds. The van der Waals surface area contributed by atoms with Crippen LogP contribution in [-0.4, -0.2) is 19.3 Å². The molecule has 0 saturated carbocycles. The molecule has 2 N–H and O–H groups in total. The Hall–Kier alpha value is -2.07. The first kappa shape index (κ1) is 14.3. The monoisotopic (exact) mass is 293 g/mol. The normalized spacial score (nSPS) is 10.2. The fraction of sp³-hybridized carbons (Fsp3) is 0.200. The van der Waals surface area contributed by atoms with Crippen LogP contribution >= 0.6 is 11.6 Å². The standard InChI is InChI=1S/C15H16ClNO3/c1-19-13-7-10(8-14(20-2)15(13)18)9-17-12-5-3-11(16)4-6-12/h3-8,17-18H,9H2,1-2H3. The zero-order valence-corrected chi connectivity index (χ0v) is 12.1. The van der Waals surface area contributed by atoms with Crippen molar-refractivity contribution in [3.8, 4) is 17.2 Å². The number of anilines is 1. The van der Waals surface area contributed by atoms with Gasteiger partial charge in [-0.05, 0) is 42.0 Å². The Bertz CT molecular complexity index is 559. The van der Waals surface area contributed by atoms with E-state index in [4.69, 9.17) is 21.1 Å². The van der Waals surface area contributed by atoms with Gasteiger partial charge in [0.25, 0.3) is 0 Å². The second-order valence-corrected chi connectivity index (χ2v) is 4.65. The quantitative estimate of drug-likeness (QED) is 0.883. The van der Waals surface area contributed by atoms with Gasteiger partial charge in [0.05, 0.1) is 14.2 Å². The molecular weight excluding hydrogens is 278 g/mol. The van der Waals surface area contributed by atoms with E-state index in [0.717, 1.165) is 11.3 Å². The summed E-state index contributed by atoms with van der Waals surface area (Å²) in [5.74, 6) is 0.778. The average Bonchev–Trinajstić information content (AvgIpc) is 2.47. The van der Waals surface area contributed by atoms with Crippen LogP contribution in [0.5, 0.6) is 17.2 Å². The summed E-state index contributed by atoms with van der Waals surface area (Å²) in [4.78, 5) is 0. The molecule has 0 aromatic heterocycles.